The molecule has 0 unspecified atom stereocenters. The van der Waals surface area contributed by atoms with Crippen LogP contribution in [0.5, 0.6) is 0 Å². The van der Waals surface area contributed by atoms with Crippen LogP contribution in [0, 0.1) is 0 Å². The summed E-state index contributed by atoms with van der Waals surface area (Å²) in [7, 11) is 0. The van der Waals surface area contributed by atoms with Crippen LogP contribution in [0.2, 0.25) is 0 Å². The Kier molecular flexibility index (Phi) is 1.99. The molecule has 0 aromatic carbocycles. The van der Waals surface area contributed by atoms with Crippen LogP contribution in [0.1, 0.15) is 5.56 Å². The number of rotatable bonds is 0. The topological polar surface area (TPSA) is 12.9 Å². The number of nitrogens with zero attached hydrogens (tertiary/aromatic N) is 1. The molecule has 1 aliphatic rings. The van der Waals surface area contributed by atoms with Gasteiger partial charge in [-0.3, -0.25) is 0 Å². The molecule has 0 amide bonds. The molecule has 1 aromatic rings. The van der Waals surface area contributed by atoms with Gasteiger partial charge in [0.1, 0.15) is 0 Å². The van der Waals surface area contributed by atoms with Gasteiger partial charge in [-0.05, 0) is 0 Å². The normalized spacial score (nSPS) is 14.7. The van der Waals surface area contributed by atoms with Crippen molar-refractivity contribution < 1.29 is 0 Å². The summed E-state index contributed by atoms with van der Waals surface area (Å²) in [4.78, 5) is 4.10. The maximum atomic E-state index is 4.10. The van der Waals surface area contributed by atoms with Crippen molar-refractivity contribution in [3.63, 3.8) is 0 Å². The third-order valence-electron chi connectivity index (χ3n) is 1.39. The molecule has 1 nitrogen and oxygen atoms in total. The Balaban J connectivity index is 2.54. The molecule has 0 saturated carbocycles. The minimum absolute atomic E-state index is 0.361. The van der Waals surface area contributed by atoms with E-state index in [1.165, 1.54) is 9.14 Å². The zero-order valence-corrected chi connectivity index (χ0v) is 10.1. The molecule has 48 valence electrons. The van der Waals surface area contributed by atoms with Crippen LogP contribution >= 0.6 is 22.6 Å². The van der Waals surface area contributed by atoms with Gasteiger partial charge >= 0.3 is 84.0 Å². The molecular formula is C7H4INSn. The molecule has 0 saturated heterocycles. The Bertz CT molecular complexity index is 295. The van der Waals surface area contributed by atoms with Crippen molar-refractivity contribution in [2.45, 2.75) is 0 Å². The van der Waals surface area contributed by atoms with Gasteiger partial charge in [-0.1, -0.05) is 0 Å². The van der Waals surface area contributed by atoms with Gasteiger partial charge in [0.05, 0.1) is 0 Å². The van der Waals surface area contributed by atoms with Crippen molar-refractivity contribution in [1.29, 1.82) is 0 Å². The van der Waals surface area contributed by atoms with E-state index >= 15 is 0 Å². The number of hydrogen-bond donors (Lipinski definition) is 0. The third-order valence-corrected chi connectivity index (χ3v) is 6.57. The molecule has 2 rings (SSSR count). The van der Waals surface area contributed by atoms with Gasteiger partial charge in [0.15, 0.2) is 0 Å². The maximum absolute atomic E-state index is 4.10. The number of aromatic nitrogens is 1. The van der Waals surface area contributed by atoms with E-state index in [0.717, 1.165) is 0 Å². The second-order valence-electron chi connectivity index (χ2n) is 2.08. The van der Waals surface area contributed by atoms with E-state index in [4.69, 9.17) is 0 Å². The van der Waals surface area contributed by atoms with Gasteiger partial charge in [0, 0.05) is 0 Å². The van der Waals surface area contributed by atoms with Crippen molar-refractivity contribution in [2.24, 2.45) is 0 Å². The number of pyridine rings is 1. The number of halogens is 1. The Morgan fingerprint density at radius 3 is 3.20 bits per heavy atom. The predicted octanol–water partition coefficient (Wildman–Crippen LogP) is 1.16. The summed E-state index contributed by atoms with van der Waals surface area (Å²) in [6, 6.07) is 2.10. The number of hydrogen-bond acceptors (Lipinski definition) is 1. The molecule has 1 aromatic heterocycles. The summed E-state index contributed by atoms with van der Waals surface area (Å²) in [5.74, 6) is 0. The van der Waals surface area contributed by atoms with Crippen molar-refractivity contribution in [3.05, 3.63) is 25.6 Å². The molecular weight excluding hydrogens is 344 g/mol. The van der Waals surface area contributed by atoms with E-state index < -0.39 is 0 Å². The molecule has 0 spiro atoms. The van der Waals surface area contributed by atoms with Gasteiger partial charge in [0.2, 0.25) is 0 Å². The van der Waals surface area contributed by atoms with Gasteiger partial charge in [-0.2, -0.15) is 0 Å². The molecule has 1 aliphatic heterocycles. The van der Waals surface area contributed by atoms with Crippen LogP contribution in [0.3, 0.4) is 0 Å². The van der Waals surface area contributed by atoms with Crippen molar-refractivity contribution >= 4 is 53.4 Å². The summed E-state index contributed by atoms with van der Waals surface area (Å²) in [6.45, 7) is 0. The van der Waals surface area contributed by atoms with Gasteiger partial charge in [0.25, 0.3) is 0 Å². The first-order chi connectivity index (χ1) is 4.86. The van der Waals surface area contributed by atoms with Crippen molar-refractivity contribution in [1.82, 2.24) is 4.98 Å². The summed E-state index contributed by atoms with van der Waals surface area (Å²) in [6.07, 6.45) is 6.16. The Morgan fingerprint density at radius 2 is 2.40 bits per heavy atom. The van der Waals surface area contributed by atoms with Crippen LogP contribution < -0.4 is 3.58 Å². The van der Waals surface area contributed by atoms with Gasteiger partial charge < -0.3 is 0 Å². The van der Waals surface area contributed by atoms with E-state index in [1.54, 1.807) is 1.60 Å². The first kappa shape index (κ1) is 7.09. The van der Waals surface area contributed by atoms with Gasteiger partial charge in [-0.25, -0.2) is 0 Å². The third kappa shape index (κ3) is 1.23. The summed E-state index contributed by atoms with van der Waals surface area (Å²) >= 11 is 2.07. The van der Waals surface area contributed by atoms with Crippen molar-refractivity contribution in [2.75, 3.05) is 0 Å². The van der Waals surface area contributed by atoms with E-state index in [1.807, 2.05) is 12.4 Å². The quantitative estimate of drug-likeness (QED) is 0.507. The van der Waals surface area contributed by atoms with Crippen LogP contribution in [0.4, 0.5) is 0 Å². The molecule has 0 fully saturated rings. The van der Waals surface area contributed by atoms with Crippen LogP contribution in [-0.2, 0) is 0 Å². The standard InChI is InChI=1S/C7H4IN.Sn/c8-4-1-7-2-5-9-6-3-7;/h1-2,5-6H;. The second kappa shape index (κ2) is 2.81. The fraction of sp³-hybridized carbons (Fsp3) is 0. The molecule has 3 heteroatoms. The van der Waals surface area contributed by atoms with Crippen LogP contribution in [0.25, 0.3) is 6.08 Å². The molecule has 0 aliphatic carbocycles. The first-order valence-corrected chi connectivity index (χ1v) is 6.88. The SMILES string of the molecule is I[C]1=Cc2ccnc[c]2[Sn]1. The van der Waals surface area contributed by atoms with E-state index in [9.17, 15) is 0 Å². The summed E-state index contributed by atoms with van der Waals surface area (Å²) in [5.41, 5.74) is 1.41. The predicted molar refractivity (Wildman–Crippen MR) is 51.6 cm³/mol. The Morgan fingerprint density at radius 1 is 1.50 bits per heavy atom. The summed E-state index contributed by atoms with van der Waals surface area (Å²) < 4.78 is 3.10. The molecule has 2 heterocycles. The molecule has 0 bridgehead atoms. The average Bonchev–Trinajstić information content (AvgIpc) is 2.27. The minimum atomic E-state index is -0.361. The second-order valence-corrected chi connectivity index (χ2v) is 9.94. The molecule has 0 N–H and O–H groups in total. The first-order valence-electron chi connectivity index (χ1n) is 2.94. The van der Waals surface area contributed by atoms with Gasteiger partial charge in [-0.15, -0.1) is 0 Å². The Hall–Kier alpha value is 0.419. The molecule has 2 radical (unpaired) electrons. The van der Waals surface area contributed by atoms with Crippen LogP contribution in [0.15, 0.2) is 20.1 Å². The molecule has 10 heavy (non-hydrogen) atoms. The molecule has 0 atom stereocenters. The summed E-state index contributed by atoms with van der Waals surface area (Å²) in [5, 5.41) is 0. The van der Waals surface area contributed by atoms with E-state index in [-0.39, 0.29) is 21.1 Å². The number of fused-ring (bicyclic) bond motifs is 1. The van der Waals surface area contributed by atoms with E-state index in [2.05, 4.69) is 39.7 Å². The van der Waals surface area contributed by atoms with E-state index in [0.29, 0.717) is 0 Å². The zero-order valence-electron chi connectivity index (χ0n) is 5.13. The zero-order chi connectivity index (χ0) is 6.97. The average molecular weight is 348 g/mol. The fourth-order valence-electron chi connectivity index (χ4n) is 0.937. The fourth-order valence-corrected chi connectivity index (χ4v) is 5.86. The van der Waals surface area contributed by atoms with Crippen molar-refractivity contribution in [3.8, 4) is 0 Å². The Labute approximate surface area is 83.3 Å². The van der Waals surface area contributed by atoms with Crippen LogP contribution in [-0.4, -0.2) is 26.1 Å². The monoisotopic (exact) mass is 349 g/mol.